The summed E-state index contributed by atoms with van der Waals surface area (Å²) in [6, 6.07) is 0. The number of ether oxygens (including phenoxy) is 1. The molecule has 6 nitrogen and oxygen atoms in total. The molecule has 6 heteroatoms. The van der Waals surface area contributed by atoms with Crippen LogP contribution < -0.4 is 0 Å². The molecule has 0 saturated heterocycles. The van der Waals surface area contributed by atoms with E-state index in [1.807, 2.05) is 13.0 Å². The third-order valence-corrected chi connectivity index (χ3v) is 8.39. The molecule has 0 unspecified atom stereocenters. The molecule has 0 heterocycles. The molecule has 0 amide bonds. The lowest BCUT2D eigenvalue weighted by molar-refractivity contribution is -0.180. The van der Waals surface area contributed by atoms with E-state index in [9.17, 15) is 24.6 Å². The number of aliphatic hydroxyl groups is 2. The number of carbonyl (C=O) groups excluding carboxylic acids is 3. The number of rotatable bonds is 4. The van der Waals surface area contributed by atoms with Crippen LogP contribution in [0.15, 0.2) is 23.8 Å². The highest BCUT2D eigenvalue weighted by molar-refractivity contribution is 6.01. The fourth-order valence-electron chi connectivity index (χ4n) is 7.02. The third kappa shape index (κ3) is 2.43. The minimum atomic E-state index is -1.60. The van der Waals surface area contributed by atoms with Crippen LogP contribution >= 0.6 is 0 Å². The summed E-state index contributed by atoms with van der Waals surface area (Å²) in [7, 11) is 0. The number of hydrogen-bond acceptors (Lipinski definition) is 6. The topological polar surface area (TPSA) is 101 Å². The summed E-state index contributed by atoms with van der Waals surface area (Å²) in [5, 5.41) is 22.6. The first-order valence-corrected chi connectivity index (χ1v) is 10.1. The van der Waals surface area contributed by atoms with E-state index in [4.69, 9.17) is 0 Å². The average molecular weight is 388 g/mol. The number of ketones is 2. The molecule has 0 aromatic heterocycles. The van der Waals surface area contributed by atoms with Gasteiger partial charge in [-0.2, -0.15) is 0 Å². The lowest BCUT2D eigenvalue weighted by Gasteiger charge is -2.59. The Balaban J connectivity index is 1.69. The Morgan fingerprint density at radius 3 is 2.82 bits per heavy atom. The Hall–Kier alpha value is -1.79. The standard InChI is InChI=1S/C22H28O6/c1-20-7-5-14(24)9-13(20)3-4-15-16-6-8-22(27,18(26)11-28-12-23)21(16,2)10-17(25)19(15)20/h5,7,9,12,15-17,19,25,27H,3-4,6,8,10-11H2,1-2H3/t15-,16-,17-,19+,20-,21-,22-/m0/s1. The van der Waals surface area contributed by atoms with Gasteiger partial charge in [0, 0.05) is 16.7 Å². The summed E-state index contributed by atoms with van der Waals surface area (Å²) >= 11 is 0. The van der Waals surface area contributed by atoms with Gasteiger partial charge in [0.15, 0.2) is 12.4 Å². The molecule has 0 aliphatic heterocycles. The first-order valence-electron chi connectivity index (χ1n) is 10.1. The van der Waals surface area contributed by atoms with Crippen molar-refractivity contribution >= 4 is 18.0 Å². The molecule has 152 valence electrons. The van der Waals surface area contributed by atoms with Crippen LogP contribution in [0.4, 0.5) is 0 Å². The highest BCUT2D eigenvalue weighted by Gasteiger charge is 2.68. The second-order valence-electron chi connectivity index (χ2n) is 9.44. The van der Waals surface area contributed by atoms with Crippen LogP contribution in [0.1, 0.15) is 46.0 Å². The smallest absolute Gasteiger partial charge is 0.293 e. The molecule has 3 saturated carbocycles. The van der Waals surface area contributed by atoms with Gasteiger partial charge in [-0.15, -0.1) is 0 Å². The quantitative estimate of drug-likeness (QED) is 0.712. The van der Waals surface area contributed by atoms with Crippen molar-refractivity contribution < 1.29 is 29.3 Å². The first kappa shape index (κ1) is 19.5. The zero-order chi connectivity index (χ0) is 20.3. The van der Waals surface area contributed by atoms with E-state index >= 15 is 0 Å². The van der Waals surface area contributed by atoms with Crippen molar-refractivity contribution in [1.29, 1.82) is 0 Å². The molecular weight excluding hydrogens is 360 g/mol. The van der Waals surface area contributed by atoms with Gasteiger partial charge in [-0.05, 0) is 56.1 Å². The van der Waals surface area contributed by atoms with Gasteiger partial charge in [-0.25, -0.2) is 0 Å². The molecule has 0 bridgehead atoms. The molecule has 0 radical (unpaired) electrons. The summed E-state index contributed by atoms with van der Waals surface area (Å²) in [4.78, 5) is 35.0. The Bertz CT molecular complexity index is 784. The number of allylic oxidation sites excluding steroid dienone is 4. The van der Waals surface area contributed by atoms with Gasteiger partial charge in [0.1, 0.15) is 5.60 Å². The van der Waals surface area contributed by atoms with Gasteiger partial charge in [0.2, 0.25) is 5.78 Å². The van der Waals surface area contributed by atoms with Crippen LogP contribution in [-0.4, -0.2) is 46.6 Å². The van der Waals surface area contributed by atoms with Crippen LogP contribution in [0.5, 0.6) is 0 Å². The van der Waals surface area contributed by atoms with E-state index in [2.05, 4.69) is 11.7 Å². The summed E-state index contributed by atoms with van der Waals surface area (Å²) in [6.07, 6.45) is 7.50. The fraction of sp³-hybridized carbons (Fsp3) is 0.682. The third-order valence-electron chi connectivity index (χ3n) is 8.39. The number of aliphatic hydroxyl groups excluding tert-OH is 1. The van der Waals surface area contributed by atoms with Crippen LogP contribution in [0, 0.1) is 28.6 Å². The molecule has 2 N–H and O–H groups in total. The SMILES string of the molecule is C[C@]12C=CC(=O)C=C1CC[C@@H]1[C@@H]2[C@@H](O)C[C@@]2(C)[C@H]1CC[C@]2(O)C(=O)COC=O. The second-order valence-corrected chi connectivity index (χ2v) is 9.44. The van der Waals surface area contributed by atoms with E-state index in [-0.39, 0.29) is 35.4 Å². The maximum Gasteiger partial charge on any atom is 0.293 e. The minimum Gasteiger partial charge on any atom is -0.460 e. The molecule has 0 spiro atoms. The molecular formula is C22H28O6. The average Bonchev–Trinajstić information content (AvgIpc) is 2.92. The number of fused-ring (bicyclic) bond motifs is 5. The monoisotopic (exact) mass is 388 g/mol. The molecule has 4 aliphatic rings. The highest BCUT2D eigenvalue weighted by Crippen LogP contribution is 2.67. The van der Waals surface area contributed by atoms with Crippen molar-refractivity contribution in [2.75, 3.05) is 6.61 Å². The molecule has 4 rings (SSSR count). The van der Waals surface area contributed by atoms with Gasteiger partial charge in [-0.1, -0.05) is 25.5 Å². The van der Waals surface area contributed by atoms with Gasteiger partial charge in [0.25, 0.3) is 6.47 Å². The summed E-state index contributed by atoms with van der Waals surface area (Å²) in [6.45, 7) is 3.77. The number of carbonyl (C=O) groups is 3. The highest BCUT2D eigenvalue weighted by atomic mass is 16.5. The van der Waals surface area contributed by atoms with E-state index in [0.29, 0.717) is 19.3 Å². The largest absolute Gasteiger partial charge is 0.460 e. The zero-order valence-corrected chi connectivity index (χ0v) is 16.4. The number of hydrogen-bond donors (Lipinski definition) is 2. The molecule has 7 atom stereocenters. The van der Waals surface area contributed by atoms with Gasteiger partial charge >= 0.3 is 0 Å². The zero-order valence-electron chi connectivity index (χ0n) is 16.4. The van der Waals surface area contributed by atoms with Crippen LogP contribution in [0.2, 0.25) is 0 Å². The molecule has 28 heavy (non-hydrogen) atoms. The molecule has 0 aromatic carbocycles. The molecule has 3 fully saturated rings. The van der Waals surface area contributed by atoms with Gasteiger partial charge < -0.3 is 14.9 Å². The van der Waals surface area contributed by atoms with Crippen molar-refractivity contribution in [3.8, 4) is 0 Å². The summed E-state index contributed by atoms with van der Waals surface area (Å²) in [5.74, 6) is -0.283. The van der Waals surface area contributed by atoms with E-state index in [1.54, 1.807) is 12.2 Å². The normalized spacial score (nSPS) is 46.9. The van der Waals surface area contributed by atoms with E-state index < -0.39 is 29.5 Å². The maximum absolute atomic E-state index is 12.7. The second kappa shape index (κ2) is 6.36. The van der Waals surface area contributed by atoms with Crippen molar-refractivity contribution in [3.05, 3.63) is 23.8 Å². The van der Waals surface area contributed by atoms with Crippen molar-refractivity contribution in [3.63, 3.8) is 0 Å². The lowest BCUT2D eigenvalue weighted by Crippen LogP contribution is -2.61. The van der Waals surface area contributed by atoms with Gasteiger partial charge in [-0.3, -0.25) is 14.4 Å². The lowest BCUT2D eigenvalue weighted by atomic mass is 9.46. The molecule has 4 aliphatic carbocycles. The van der Waals surface area contributed by atoms with Crippen molar-refractivity contribution in [2.45, 2.75) is 57.7 Å². The summed E-state index contributed by atoms with van der Waals surface area (Å²) < 4.78 is 4.63. The number of Topliss-reactive ketones (excluding diaryl/α,β-unsaturated/α-hetero) is 1. The fourth-order valence-corrected chi connectivity index (χ4v) is 7.02. The predicted octanol–water partition coefficient (Wildman–Crippen LogP) is 1.74. The van der Waals surface area contributed by atoms with Crippen LogP contribution in [0.3, 0.4) is 0 Å². The first-order chi connectivity index (χ1) is 13.2. The van der Waals surface area contributed by atoms with Crippen molar-refractivity contribution in [1.82, 2.24) is 0 Å². The molecule has 0 aromatic rings. The van der Waals surface area contributed by atoms with Crippen molar-refractivity contribution in [2.24, 2.45) is 28.6 Å². The maximum atomic E-state index is 12.7. The van der Waals surface area contributed by atoms with Crippen LogP contribution in [0.25, 0.3) is 0 Å². The Morgan fingerprint density at radius 2 is 2.11 bits per heavy atom. The Labute approximate surface area is 164 Å². The van der Waals surface area contributed by atoms with Crippen LogP contribution in [-0.2, 0) is 19.1 Å². The minimum absolute atomic E-state index is 0.00270. The van der Waals surface area contributed by atoms with Gasteiger partial charge in [0.05, 0.1) is 6.10 Å². The summed E-state index contributed by atoms with van der Waals surface area (Å²) in [5.41, 5.74) is -1.65. The van der Waals surface area contributed by atoms with E-state index in [0.717, 1.165) is 18.4 Å². The Morgan fingerprint density at radius 1 is 1.36 bits per heavy atom. The predicted molar refractivity (Wildman–Crippen MR) is 100.0 cm³/mol. The van der Waals surface area contributed by atoms with E-state index in [1.165, 1.54) is 0 Å². The Kier molecular flexibility index (Phi) is 4.43.